The molecule has 0 radical (unpaired) electrons. The molecule has 1 heterocycles. The van der Waals surface area contributed by atoms with Crippen LogP contribution in [0.1, 0.15) is 31.9 Å². The van der Waals surface area contributed by atoms with Gasteiger partial charge in [-0.3, -0.25) is 0 Å². The maximum Gasteiger partial charge on any atom is 0.136 e. The molecule has 0 fully saturated rings. The number of rotatable bonds is 0. The lowest BCUT2D eigenvalue weighted by Gasteiger charge is -2.20. The Morgan fingerprint density at radius 3 is 2.28 bits per heavy atom. The molecule has 1 heteroatoms. The number of fused-ring (bicyclic) bond motifs is 5. The van der Waals surface area contributed by atoms with Gasteiger partial charge in [-0.15, -0.1) is 0 Å². The second kappa shape index (κ2) is 4.86. The first-order valence-electron chi connectivity index (χ1n) is 8.78. The zero-order chi connectivity index (χ0) is 17.2. The van der Waals surface area contributed by atoms with Crippen molar-refractivity contribution in [1.29, 1.82) is 0 Å². The minimum absolute atomic E-state index is 0.0818. The highest BCUT2D eigenvalue weighted by molar-refractivity contribution is 6.11. The highest BCUT2D eigenvalue weighted by Gasteiger charge is 2.20. The Balaban J connectivity index is 1.85. The highest BCUT2D eigenvalue weighted by atomic mass is 16.3. The van der Waals surface area contributed by atoms with Gasteiger partial charge in [0.05, 0.1) is 0 Å². The molecule has 122 valence electrons. The van der Waals surface area contributed by atoms with E-state index in [9.17, 15) is 0 Å². The molecule has 4 aromatic rings. The lowest BCUT2D eigenvalue weighted by atomic mass is 9.85. The van der Waals surface area contributed by atoms with Crippen LogP contribution in [0.2, 0.25) is 0 Å². The van der Waals surface area contributed by atoms with Crippen LogP contribution >= 0.6 is 0 Å². The van der Waals surface area contributed by atoms with Gasteiger partial charge in [-0.05, 0) is 53.1 Å². The van der Waals surface area contributed by atoms with Crippen LogP contribution in [0, 0.1) is 5.41 Å². The van der Waals surface area contributed by atoms with Crippen molar-refractivity contribution >= 4 is 44.9 Å². The van der Waals surface area contributed by atoms with E-state index in [4.69, 9.17) is 4.42 Å². The first-order valence-corrected chi connectivity index (χ1v) is 8.78. The molecule has 5 rings (SSSR count). The van der Waals surface area contributed by atoms with Crippen LogP contribution in [0.4, 0.5) is 0 Å². The maximum absolute atomic E-state index is 6.20. The molecule has 1 nitrogen and oxygen atoms in total. The van der Waals surface area contributed by atoms with Crippen LogP contribution in [0.5, 0.6) is 0 Å². The standard InChI is InChI=1S/C24H20O/c1-15-10-19-14-23-21(12-18(19)8-9-24(15,2)3)20-11-16-6-4-5-7-17(16)13-22(20)25-23/h4-14H,1-3H3. The fraction of sp³-hybridized carbons (Fsp3) is 0.167. The number of allylic oxidation sites excluding steroid dienone is 2. The molecule has 0 amide bonds. The van der Waals surface area contributed by atoms with E-state index in [1.165, 1.54) is 38.2 Å². The first-order chi connectivity index (χ1) is 12.0. The molecule has 0 saturated heterocycles. The van der Waals surface area contributed by atoms with Crippen LogP contribution in [0.15, 0.2) is 64.6 Å². The van der Waals surface area contributed by atoms with Crippen molar-refractivity contribution < 1.29 is 4.42 Å². The molecular weight excluding hydrogens is 304 g/mol. The minimum atomic E-state index is 0.0818. The van der Waals surface area contributed by atoms with Gasteiger partial charge in [-0.25, -0.2) is 0 Å². The third-order valence-electron chi connectivity index (χ3n) is 5.61. The predicted octanol–water partition coefficient (Wildman–Crippen LogP) is 7.20. The lowest BCUT2D eigenvalue weighted by molar-refractivity contribution is 0.588. The maximum atomic E-state index is 6.20. The molecule has 0 saturated carbocycles. The highest BCUT2D eigenvalue weighted by Crippen LogP contribution is 2.38. The van der Waals surface area contributed by atoms with Crippen LogP contribution in [-0.2, 0) is 0 Å². The largest absolute Gasteiger partial charge is 0.456 e. The minimum Gasteiger partial charge on any atom is -0.456 e. The summed E-state index contributed by atoms with van der Waals surface area (Å²) in [6.07, 6.45) is 6.84. The topological polar surface area (TPSA) is 13.1 Å². The smallest absolute Gasteiger partial charge is 0.136 e. The average Bonchev–Trinajstić information content (AvgIpc) is 2.88. The summed E-state index contributed by atoms with van der Waals surface area (Å²) in [4.78, 5) is 0. The summed E-state index contributed by atoms with van der Waals surface area (Å²) in [6, 6.07) is 17.3. The molecule has 0 atom stereocenters. The zero-order valence-electron chi connectivity index (χ0n) is 14.8. The Hall–Kier alpha value is -2.80. The Bertz CT molecular complexity index is 1220. The Kier molecular flexibility index (Phi) is 2.82. The SMILES string of the molecule is CC1=Cc2cc3oc4cc5ccccc5cc4c3cc2C=CC1(C)C. The predicted molar refractivity (Wildman–Crippen MR) is 108 cm³/mol. The Morgan fingerprint density at radius 2 is 1.48 bits per heavy atom. The summed E-state index contributed by atoms with van der Waals surface area (Å²) in [5.74, 6) is 0. The van der Waals surface area contributed by atoms with Gasteiger partial charge >= 0.3 is 0 Å². The van der Waals surface area contributed by atoms with Crippen LogP contribution in [0.25, 0.3) is 44.9 Å². The fourth-order valence-corrected chi connectivity index (χ4v) is 3.66. The van der Waals surface area contributed by atoms with Gasteiger partial charge in [0.1, 0.15) is 11.2 Å². The Morgan fingerprint density at radius 1 is 0.800 bits per heavy atom. The fourth-order valence-electron chi connectivity index (χ4n) is 3.66. The van der Waals surface area contributed by atoms with Crippen molar-refractivity contribution in [1.82, 2.24) is 0 Å². The van der Waals surface area contributed by atoms with Crippen LogP contribution in [-0.4, -0.2) is 0 Å². The number of hydrogen-bond donors (Lipinski definition) is 0. The van der Waals surface area contributed by atoms with Crippen molar-refractivity contribution in [2.24, 2.45) is 5.41 Å². The normalized spacial score (nSPS) is 16.2. The van der Waals surface area contributed by atoms with E-state index in [-0.39, 0.29) is 5.41 Å². The molecule has 1 aliphatic rings. The van der Waals surface area contributed by atoms with E-state index in [1.54, 1.807) is 0 Å². The van der Waals surface area contributed by atoms with Gasteiger partial charge in [-0.2, -0.15) is 0 Å². The van der Waals surface area contributed by atoms with E-state index < -0.39 is 0 Å². The molecule has 0 aliphatic heterocycles. The zero-order valence-corrected chi connectivity index (χ0v) is 14.8. The molecular formula is C24H20O. The van der Waals surface area contributed by atoms with Gasteiger partial charge in [0, 0.05) is 16.2 Å². The Labute approximate surface area is 147 Å². The van der Waals surface area contributed by atoms with E-state index >= 15 is 0 Å². The first kappa shape index (κ1) is 14.5. The van der Waals surface area contributed by atoms with Crippen molar-refractivity contribution in [2.45, 2.75) is 20.8 Å². The van der Waals surface area contributed by atoms with Gasteiger partial charge in [0.15, 0.2) is 0 Å². The van der Waals surface area contributed by atoms with Crippen molar-refractivity contribution in [3.8, 4) is 0 Å². The summed E-state index contributed by atoms with van der Waals surface area (Å²) in [7, 11) is 0. The molecule has 0 unspecified atom stereocenters. The molecule has 0 spiro atoms. The molecule has 25 heavy (non-hydrogen) atoms. The monoisotopic (exact) mass is 324 g/mol. The van der Waals surface area contributed by atoms with E-state index in [1.807, 2.05) is 0 Å². The van der Waals surface area contributed by atoms with Gasteiger partial charge < -0.3 is 4.42 Å². The van der Waals surface area contributed by atoms with Crippen LogP contribution < -0.4 is 0 Å². The third-order valence-corrected chi connectivity index (χ3v) is 5.61. The number of furan rings is 1. The van der Waals surface area contributed by atoms with Crippen LogP contribution in [0.3, 0.4) is 0 Å². The van der Waals surface area contributed by atoms with E-state index in [0.29, 0.717) is 0 Å². The van der Waals surface area contributed by atoms with Gasteiger partial charge in [0.2, 0.25) is 0 Å². The summed E-state index contributed by atoms with van der Waals surface area (Å²) in [6.45, 7) is 6.72. The molecule has 1 aliphatic carbocycles. The number of hydrogen-bond acceptors (Lipinski definition) is 1. The summed E-state index contributed by atoms with van der Waals surface area (Å²) < 4.78 is 6.20. The summed E-state index contributed by atoms with van der Waals surface area (Å²) in [5, 5.41) is 4.84. The number of benzene rings is 3. The quantitative estimate of drug-likeness (QED) is 0.333. The average molecular weight is 324 g/mol. The summed E-state index contributed by atoms with van der Waals surface area (Å²) >= 11 is 0. The summed E-state index contributed by atoms with van der Waals surface area (Å²) in [5.41, 5.74) is 5.85. The van der Waals surface area contributed by atoms with Gasteiger partial charge in [0.25, 0.3) is 0 Å². The molecule has 0 bridgehead atoms. The molecule has 3 aromatic carbocycles. The van der Waals surface area contributed by atoms with Gasteiger partial charge in [-0.1, -0.05) is 61.9 Å². The van der Waals surface area contributed by atoms with Crippen molar-refractivity contribution in [2.75, 3.05) is 0 Å². The van der Waals surface area contributed by atoms with Crippen molar-refractivity contribution in [3.05, 3.63) is 71.3 Å². The second-order valence-corrected chi connectivity index (χ2v) is 7.66. The lowest BCUT2D eigenvalue weighted by Crippen LogP contribution is -2.07. The van der Waals surface area contributed by atoms with E-state index in [0.717, 1.165) is 11.2 Å². The van der Waals surface area contributed by atoms with E-state index in [2.05, 4.69) is 87.5 Å². The second-order valence-electron chi connectivity index (χ2n) is 7.66. The van der Waals surface area contributed by atoms with Crippen molar-refractivity contribution in [3.63, 3.8) is 0 Å². The molecule has 0 N–H and O–H groups in total. The molecule has 1 aromatic heterocycles. The third kappa shape index (κ3) is 2.16.